The van der Waals surface area contributed by atoms with E-state index in [0.29, 0.717) is 11.4 Å². The minimum Gasteiger partial charge on any atom is -0.469 e. The zero-order valence-corrected chi connectivity index (χ0v) is 15.3. The number of esters is 1. The highest BCUT2D eigenvalue weighted by atomic mass is 79.9. The predicted octanol–water partition coefficient (Wildman–Crippen LogP) is 2.60. The Morgan fingerprint density at radius 3 is 2.60 bits per heavy atom. The number of rotatable bonds is 6. The second-order valence-corrected chi connectivity index (χ2v) is 6.10. The Bertz CT molecular complexity index is 787. The maximum atomic E-state index is 12.0. The van der Waals surface area contributed by atoms with Crippen molar-refractivity contribution in [1.29, 1.82) is 0 Å². The van der Waals surface area contributed by atoms with Crippen LogP contribution in [0, 0.1) is 6.92 Å². The molecule has 1 aromatic heterocycles. The molecule has 1 heterocycles. The summed E-state index contributed by atoms with van der Waals surface area (Å²) < 4.78 is 10.7. The van der Waals surface area contributed by atoms with Crippen LogP contribution < -0.4 is 5.32 Å². The first-order valence-electron chi connectivity index (χ1n) is 7.38. The highest BCUT2D eigenvalue weighted by molar-refractivity contribution is 9.10. The van der Waals surface area contributed by atoms with Gasteiger partial charge in [0.05, 0.1) is 18.5 Å². The molecule has 0 saturated heterocycles. The summed E-state index contributed by atoms with van der Waals surface area (Å²) in [7, 11) is 1.46. The zero-order valence-electron chi connectivity index (χ0n) is 13.7. The number of aryl methyl sites for hydroxylation is 1. The first-order chi connectivity index (χ1) is 11.9. The summed E-state index contributed by atoms with van der Waals surface area (Å²) in [5.41, 5.74) is 0.873. The van der Waals surface area contributed by atoms with Crippen molar-refractivity contribution in [1.82, 2.24) is 4.90 Å². The first kappa shape index (κ1) is 18.7. The molecule has 2 aromatic rings. The molecule has 2 amide bonds. The maximum Gasteiger partial charge on any atom is 0.342 e. The fourth-order valence-electron chi connectivity index (χ4n) is 1.97. The van der Waals surface area contributed by atoms with Gasteiger partial charge in [-0.05, 0) is 41.1 Å². The van der Waals surface area contributed by atoms with E-state index in [0.717, 1.165) is 4.47 Å². The summed E-state index contributed by atoms with van der Waals surface area (Å²) in [6.07, 6.45) is 1.37. The molecule has 0 fully saturated rings. The molecule has 0 saturated carbocycles. The van der Waals surface area contributed by atoms with Crippen LogP contribution >= 0.6 is 15.9 Å². The van der Waals surface area contributed by atoms with E-state index in [-0.39, 0.29) is 18.0 Å². The number of anilines is 1. The summed E-state index contributed by atoms with van der Waals surface area (Å²) in [5.74, 6) is -1.08. The largest absolute Gasteiger partial charge is 0.469 e. The van der Waals surface area contributed by atoms with E-state index in [9.17, 15) is 14.4 Å². The lowest BCUT2D eigenvalue weighted by molar-refractivity contribution is -0.136. The first-order valence-corrected chi connectivity index (χ1v) is 8.17. The van der Waals surface area contributed by atoms with Crippen molar-refractivity contribution >= 4 is 39.4 Å². The summed E-state index contributed by atoms with van der Waals surface area (Å²) >= 11 is 3.32. The number of furan rings is 1. The minimum absolute atomic E-state index is 0.164. The van der Waals surface area contributed by atoms with Crippen LogP contribution in [0.4, 0.5) is 5.69 Å². The molecule has 0 aliphatic carbocycles. The summed E-state index contributed by atoms with van der Waals surface area (Å²) in [6.45, 7) is 1.00. The van der Waals surface area contributed by atoms with Crippen LogP contribution in [0.2, 0.25) is 0 Å². The molecule has 0 unspecified atom stereocenters. The van der Waals surface area contributed by atoms with E-state index in [2.05, 4.69) is 21.2 Å². The Morgan fingerprint density at radius 1 is 1.24 bits per heavy atom. The normalized spacial score (nSPS) is 10.2. The monoisotopic (exact) mass is 408 g/mol. The third-order valence-electron chi connectivity index (χ3n) is 3.36. The number of likely N-dealkylation sites (N-methyl/N-ethyl adjacent to an activating group) is 1. The van der Waals surface area contributed by atoms with Gasteiger partial charge < -0.3 is 19.4 Å². The number of halogens is 1. The Hall–Kier alpha value is -2.61. The molecule has 0 aliphatic heterocycles. The number of nitrogens with zero attached hydrogens (tertiary/aromatic N) is 1. The topological polar surface area (TPSA) is 88.8 Å². The SMILES string of the molecule is Cc1occc1C(=O)OCC(=O)N(C)CC(=O)Nc1ccccc1Br. The van der Waals surface area contributed by atoms with Gasteiger partial charge in [0.15, 0.2) is 6.61 Å². The van der Waals surface area contributed by atoms with Crippen LogP contribution in [0.25, 0.3) is 0 Å². The van der Waals surface area contributed by atoms with E-state index >= 15 is 0 Å². The third kappa shape index (κ3) is 5.18. The van der Waals surface area contributed by atoms with Crippen molar-refractivity contribution in [3.8, 4) is 0 Å². The van der Waals surface area contributed by atoms with Crippen molar-refractivity contribution in [3.05, 3.63) is 52.4 Å². The van der Waals surface area contributed by atoms with Crippen molar-refractivity contribution in [2.75, 3.05) is 25.5 Å². The molecule has 0 radical (unpaired) electrons. The molecule has 0 aliphatic rings. The molecule has 0 bridgehead atoms. The quantitative estimate of drug-likeness (QED) is 0.741. The van der Waals surface area contributed by atoms with Crippen LogP contribution in [0.5, 0.6) is 0 Å². The second kappa shape index (κ2) is 8.48. The van der Waals surface area contributed by atoms with Gasteiger partial charge >= 0.3 is 5.97 Å². The number of nitrogens with one attached hydrogen (secondary N) is 1. The highest BCUT2D eigenvalue weighted by Crippen LogP contribution is 2.20. The molecule has 0 spiro atoms. The number of ether oxygens (including phenoxy) is 1. The smallest absolute Gasteiger partial charge is 0.342 e. The predicted molar refractivity (Wildman–Crippen MR) is 94.1 cm³/mol. The van der Waals surface area contributed by atoms with Crippen LogP contribution in [-0.2, 0) is 14.3 Å². The lowest BCUT2D eigenvalue weighted by Gasteiger charge is -2.17. The number of benzene rings is 1. The van der Waals surface area contributed by atoms with E-state index in [1.165, 1.54) is 24.3 Å². The van der Waals surface area contributed by atoms with Gasteiger partial charge in [0.1, 0.15) is 11.3 Å². The fraction of sp³-hybridized carbons (Fsp3) is 0.235. The van der Waals surface area contributed by atoms with Gasteiger partial charge in [0.2, 0.25) is 5.91 Å². The van der Waals surface area contributed by atoms with Crippen LogP contribution in [0.1, 0.15) is 16.1 Å². The lowest BCUT2D eigenvalue weighted by Crippen LogP contribution is -2.37. The maximum absolute atomic E-state index is 12.0. The number of hydrogen-bond acceptors (Lipinski definition) is 5. The van der Waals surface area contributed by atoms with Gasteiger partial charge in [-0.25, -0.2) is 4.79 Å². The van der Waals surface area contributed by atoms with Crippen molar-refractivity contribution < 1.29 is 23.5 Å². The molecule has 0 atom stereocenters. The van der Waals surface area contributed by atoms with Gasteiger partial charge in [-0.3, -0.25) is 9.59 Å². The van der Waals surface area contributed by atoms with Crippen LogP contribution in [0.15, 0.2) is 45.5 Å². The molecule has 8 heteroatoms. The van der Waals surface area contributed by atoms with E-state index in [1.54, 1.807) is 25.1 Å². The molecular weight excluding hydrogens is 392 g/mol. The van der Waals surface area contributed by atoms with Crippen molar-refractivity contribution in [2.24, 2.45) is 0 Å². The standard InChI is InChI=1S/C17H17BrN2O5/c1-11-12(7-8-24-11)17(23)25-10-16(22)20(2)9-15(21)19-14-6-4-3-5-13(14)18/h3-8H,9-10H2,1-2H3,(H,19,21). The summed E-state index contributed by atoms with van der Waals surface area (Å²) in [5, 5.41) is 2.69. The van der Waals surface area contributed by atoms with Crippen molar-refractivity contribution in [2.45, 2.75) is 6.92 Å². The fourth-order valence-corrected chi connectivity index (χ4v) is 2.35. The van der Waals surface area contributed by atoms with E-state index < -0.39 is 18.5 Å². The highest BCUT2D eigenvalue weighted by Gasteiger charge is 2.18. The molecule has 132 valence electrons. The number of amides is 2. The van der Waals surface area contributed by atoms with Gasteiger partial charge in [-0.15, -0.1) is 0 Å². The number of hydrogen-bond donors (Lipinski definition) is 1. The van der Waals surface area contributed by atoms with Crippen LogP contribution in [-0.4, -0.2) is 42.9 Å². The summed E-state index contributed by atoms with van der Waals surface area (Å²) in [6, 6.07) is 8.61. The van der Waals surface area contributed by atoms with Gasteiger partial charge in [-0.2, -0.15) is 0 Å². The molecule has 2 rings (SSSR count). The van der Waals surface area contributed by atoms with E-state index in [1.807, 2.05) is 6.07 Å². The average molecular weight is 409 g/mol. The Morgan fingerprint density at radius 2 is 1.96 bits per heavy atom. The zero-order chi connectivity index (χ0) is 18.4. The second-order valence-electron chi connectivity index (χ2n) is 5.24. The number of carbonyl (C=O) groups excluding carboxylic acids is 3. The molecule has 7 nitrogen and oxygen atoms in total. The Kier molecular flexibility index (Phi) is 6.35. The molecular formula is C17H17BrN2O5. The number of carbonyl (C=O) groups is 3. The lowest BCUT2D eigenvalue weighted by atomic mass is 10.3. The van der Waals surface area contributed by atoms with E-state index in [4.69, 9.17) is 9.15 Å². The van der Waals surface area contributed by atoms with Gasteiger partial charge in [-0.1, -0.05) is 12.1 Å². The number of para-hydroxylation sites is 1. The molecule has 25 heavy (non-hydrogen) atoms. The third-order valence-corrected chi connectivity index (χ3v) is 4.05. The molecule has 1 N–H and O–H groups in total. The summed E-state index contributed by atoms with van der Waals surface area (Å²) in [4.78, 5) is 37.0. The minimum atomic E-state index is -0.648. The van der Waals surface area contributed by atoms with Crippen molar-refractivity contribution in [3.63, 3.8) is 0 Å². The van der Waals surface area contributed by atoms with Gasteiger partial charge in [0, 0.05) is 11.5 Å². The Balaban J connectivity index is 1.82. The average Bonchev–Trinajstić information content (AvgIpc) is 3.00. The Labute approximate surface area is 153 Å². The molecule has 1 aromatic carbocycles. The van der Waals surface area contributed by atoms with Crippen LogP contribution in [0.3, 0.4) is 0 Å². The van der Waals surface area contributed by atoms with Gasteiger partial charge in [0.25, 0.3) is 5.91 Å².